The molecular formula is C24H31N3O. The molecule has 0 radical (unpaired) electrons. The molecule has 0 spiro atoms. The second-order valence-electron chi connectivity index (χ2n) is 8.61. The number of H-pyrrole nitrogens is 1. The summed E-state index contributed by atoms with van der Waals surface area (Å²) in [4.78, 5) is 16.0. The fraction of sp³-hybridized carbons (Fsp3) is 0.458. The molecule has 1 aromatic carbocycles. The van der Waals surface area contributed by atoms with Crippen molar-refractivity contribution in [3.05, 3.63) is 57.0 Å². The first kappa shape index (κ1) is 19.0. The maximum Gasteiger partial charge on any atom is 0.253 e. The SMILES string of the molecule is Cc1c(-c2[nH]c3ccc(C4CCNCC4)cc3c2C(C)C)cn(C)c(=O)c1C. The van der Waals surface area contributed by atoms with E-state index in [1.165, 1.54) is 34.9 Å². The molecule has 2 aromatic heterocycles. The Bertz CT molecular complexity index is 1080. The van der Waals surface area contributed by atoms with E-state index in [9.17, 15) is 4.79 Å². The van der Waals surface area contributed by atoms with Crippen LogP contribution in [-0.2, 0) is 7.05 Å². The van der Waals surface area contributed by atoms with Crippen molar-refractivity contribution in [2.45, 2.75) is 52.4 Å². The zero-order chi connectivity index (χ0) is 20.0. The first-order valence-corrected chi connectivity index (χ1v) is 10.4. The smallest absolute Gasteiger partial charge is 0.253 e. The van der Waals surface area contributed by atoms with E-state index in [0.717, 1.165) is 35.5 Å². The molecule has 1 aliphatic rings. The van der Waals surface area contributed by atoms with E-state index in [4.69, 9.17) is 0 Å². The van der Waals surface area contributed by atoms with Crippen LogP contribution >= 0.6 is 0 Å². The van der Waals surface area contributed by atoms with Crippen LogP contribution in [0.1, 0.15) is 60.8 Å². The van der Waals surface area contributed by atoms with Crippen LogP contribution < -0.4 is 10.9 Å². The summed E-state index contributed by atoms with van der Waals surface area (Å²) in [6, 6.07) is 6.94. The number of nitrogens with one attached hydrogen (secondary N) is 2. The number of nitrogens with zero attached hydrogens (tertiary/aromatic N) is 1. The third kappa shape index (κ3) is 3.10. The van der Waals surface area contributed by atoms with Crippen LogP contribution in [0.25, 0.3) is 22.2 Å². The van der Waals surface area contributed by atoms with Gasteiger partial charge in [0.1, 0.15) is 0 Å². The Hall–Kier alpha value is -2.33. The summed E-state index contributed by atoms with van der Waals surface area (Å²) >= 11 is 0. The molecule has 0 aliphatic carbocycles. The molecule has 2 N–H and O–H groups in total. The third-order valence-electron chi connectivity index (χ3n) is 6.45. The van der Waals surface area contributed by atoms with E-state index in [1.807, 2.05) is 20.2 Å². The van der Waals surface area contributed by atoms with Crippen molar-refractivity contribution < 1.29 is 0 Å². The Labute approximate surface area is 167 Å². The molecule has 0 amide bonds. The van der Waals surface area contributed by atoms with Crippen LogP contribution in [0.2, 0.25) is 0 Å². The molecule has 0 bridgehead atoms. The lowest BCUT2D eigenvalue weighted by atomic mass is 9.88. The summed E-state index contributed by atoms with van der Waals surface area (Å²) in [7, 11) is 1.84. The average Bonchev–Trinajstić information content (AvgIpc) is 3.08. The summed E-state index contributed by atoms with van der Waals surface area (Å²) in [6.07, 6.45) is 4.40. The maximum absolute atomic E-state index is 12.3. The highest BCUT2D eigenvalue weighted by atomic mass is 16.1. The number of hydrogen-bond donors (Lipinski definition) is 2. The second kappa shape index (κ2) is 7.25. The van der Waals surface area contributed by atoms with Gasteiger partial charge in [0.15, 0.2) is 0 Å². The number of benzene rings is 1. The third-order valence-corrected chi connectivity index (χ3v) is 6.45. The van der Waals surface area contributed by atoms with Gasteiger partial charge in [-0.05, 0) is 80.4 Å². The van der Waals surface area contributed by atoms with E-state index in [-0.39, 0.29) is 5.56 Å². The predicted octanol–water partition coefficient (Wildman–Crippen LogP) is 4.74. The molecule has 0 atom stereocenters. The topological polar surface area (TPSA) is 49.8 Å². The monoisotopic (exact) mass is 377 g/mol. The number of aryl methyl sites for hydroxylation is 1. The maximum atomic E-state index is 12.3. The van der Waals surface area contributed by atoms with Crippen LogP contribution in [-0.4, -0.2) is 22.6 Å². The summed E-state index contributed by atoms with van der Waals surface area (Å²) < 4.78 is 1.70. The lowest BCUT2D eigenvalue weighted by Gasteiger charge is -2.23. The molecule has 1 saturated heterocycles. The Morgan fingerprint density at radius 3 is 2.50 bits per heavy atom. The van der Waals surface area contributed by atoms with Crippen molar-refractivity contribution in [3.8, 4) is 11.3 Å². The van der Waals surface area contributed by atoms with Crippen LogP contribution in [0.5, 0.6) is 0 Å². The Morgan fingerprint density at radius 2 is 1.82 bits per heavy atom. The molecule has 4 rings (SSSR count). The number of aromatic nitrogens is 2. The van der Waals surface area contributed by atoms with Crippen LogP contribution in [0.3, 0.4) is 0 Å². The highest BCUT2D eigenvalue weighted by molar-refractivity contribution is 5.92. The van der Waals surface area contributed by atoms with Crippen molar-refractivity contribution in [3.63, 3.8) is 0 Å². The minimum absolute atomic E-state index is 0.0802. The number of aromatic amines is 1. The van der Waals surface area contributed by atoms with E-state index >= 15 is 0 Å². The lowest BCUT2D eigenvalue weighted by Crippen LogP contribution is -2.26. The standard InChI is InChI=1S/C24H31N3O/c1-14(2)22-19-12-18(17-8-10-25-11-9-17)6-7-21(19)26-23(22)20-13-27(5)24(28)16(4)15(20)3/h6-7,12-14,17,25-26H,8-11H2,1-5H3. The average molecular weight is 378 g/mol. The second-order valence-corrected chi connectivity index (χ2v) is 8.61. The molecule has 3 aromatic rings. The van der Waals surface area contributed by atoms with E-state index in [0.29, 0.717) is 11.8 Å². The van der Waals surface area contributed by atoms with Gasteiger partial charge in [-0.2, -0.15) is 0 Å². The minimum Gasteiger partial charge on any atom is -0.354 e. The Kier molecular flexibility index (Phi) is 4.92. The van der Waals surface area contributed by atoms with Gasteiger partial charge in [0.2, 0.25) is 0 Å². The van der Waals surface area contributed by atoms with Crippen LogP contribution in [0.4, 0.5) is 0 Å². The molecule has 0 saturated carbocycles. The molecule has 1 fully saturated rings. The molecular weight excluding hydrogens is 346 g/mol. The molecule has 28 heavy (non-hydrogen) atoms. The first-order chi connectivity index (χ1) is 13.4. The Balaban J connectivity index is 1.93. The number of rotatable bonds is 3. The predicted molar refractivity (Wildman–Crippen MR) is 117 cm³/mol. The molecule has 148 valence electrons. The van der Waals surface area contributed by atoms with Gasteiger partial charge in [0.05, 0.1) is 5.69 Å². The van der Waals surface area contributed by atoms with Gasteiger partial charge in [0, 0.05) is 35.3 Å². The summed E-state index contributed by atoms with van der Waals surface area (Å²) in [5.41, 5.74) is 8.24. The van der Waals surface area contributed by atoms with Gasteiger partial charge in [-0.15, -0.1) is 0 Å². The van der Waals surface area contributed by atoms with E-state index in [1.54, 1.807) is 4.57 Å². The molecule has 3 heterocycles. The zero-order valence-electron chi connectivity index (χ0n) is 17.6. The lowest BCUT2D eigenvalue weighted by molar-refractivity contribution is 0.460. The van der Waals surface area contributed by atoms with E-state index < -0.39 is 0 Å². The van der Waals surface area contributed by atoms with Crippen molar-refractivity contribution in [1.29, 1.82) is 0 Å². The highest BCUT2D eigenvalue weighted by Gasteiger charge is 2.21. The van der Waals surface area contributed by atoms with Crippen molar-refractivity contribution >= 4 is 10.9 Å². The van der Waals surface area contributed by atoms with Crippen molar-refractivity contribution in [2.75, 3.05) is 13.1 Å². The number of pyridine rings is 1. The van der Waals surface area contributed by atoms with Gasteiger partial charge >= 0.3 is 0 Å². The minimum atomic E-state index is 0.0802. The van der Waals surface area contributed by atoms with Gasteiger partial charge < -0.3 is 14.9 Å². The van der Waals surface area contributed by atoms with Crippen molar-refractivity contribution in [2.24, 2.45) is 7.05 Å². The van der Waals surface area contributed by atoms with Gasteiger partial charge in [-0.3, -0.25) is 4.79 Å². The van der Waals surface area contributed by atoms with Gasteiger partial charge in [0.25, 0.3) is 5.56 Å². The van der Waals surface area contributed by atoms with Crippen LogP contribution in [0.15, 0.2) is 29.2 Å². The fourth-order valence-corrected chi connectivity index (χ4v) is 4.68. The summed E-state index contributed by atoms with van der Waals surface area (Å²) in [5.74, 6) is 1.04. The highest BCUT2D eigenvalue weighted by Crippen LogP contribution is 2.38. The quantitative estimate of drug-likeness (QED) is 0.692. The number of piperidine rings is 1. The summed E-state index contributed by atoms with van der Waals surface area (Å²) in [5, 5.41) is 4.79. The van der Waals surface area contributed by atoms with Crippen LogP contribution in [0, 0.1) is 13.8 Å². The molecule has 4 nitrogen and oxygen atoms in total. The molecule has 0 unspecified atom stereocenters. The molecule has 4 heteroatoms. The molecule has 1 aliphatic heterocycles. The van der Waals surface area contributed by atoms with E-state index in [2.05, 4.69) is 49.3 Å². The Morgan fingerprint density at radius 1 is 1.11 bits per heavy atom. The normalized spacial score (nSPS) is 15.6. The largest absolute Gasteiger partial charge is 0.354 e. The first-order valence-electron chi connectivity index (χ1n) is 10.4. The zero-order valence-corrected chi connectivity index (χ0v) is 17.6. The number of fused-ring (bicyclic) bond motifs is 1. The van der Waals surface area contributed by atoms with Gasteiger partial charge in [-0.25, -0.2) is 0 Å². The van der Waals surface area contributed by atoms with Crippen molar-refractivity contribution in [1.82, 2.24) is 14.9 Å². The summed E-state index contributed by atoms with van der Waals surface area (Å²) in [6.45, 7) is 10.7. The number of hydrogen-bond acceptors (Lipinski definition) is 2. The van der Waals surface area contributed by atoms with Gasteiger partial charge in [-0.1, -0.05) is 19.9 Å². The fourth-order valence-electron chi connectivity index (χ4n) is 4.68.